The lowest BCUT2D eigenvalue weighted by Crippen LogP contribution is -2.35. The van der Waals surface area contributed by atoms with E-state index in [0.29, 0.717) is 18.4 Å². The van der Waals surface area contributed by atoms with E-state index in [1.807, 2.05) is 4.57 Å². The molecule has 0 aliphatic heterocycles. The van der Waals surface area contributed by atoms with E-state index < -0.39 is 0 Å². The van der Waals surface area contributed by atoms with Crippen molar-refractivity contribution in [2.45, 2.75) is 53.5 Å². The zero-order chi connectivity index (χ0) is 13.8. The Balaban J connectivity index is 2.91. The maximum atomic E-state index is 8.93. The van der Waals surface area contributed by atoms with Crippen LogP contribution in [0.25, 0.3) is 0 Å². The van der Waals surface area contributed by atoms with E-state index >= 15 is 0 Å². The Morgan fingerprint density at radius 3 is 2.11 bits per heavy atom. The van der Waals surface area contributed by atoms with Crippen molar-refractivity contribution in [3.8, 4) is 0 Å². The summed E-state index contributed by atoms with van der Waals surface area (Å²) in [6.45, 7) is 12.4. The summed E-state index contributed by atoms with van der Waals surface area (Å²) in [7, 11) is 0. The van der Waals surface area contributed by atoms with E-state index in [1.54, 1.807) is 0 Å². The van der Waals surface area contributed by atoms with Crippen LogP contribution in [0.2, 0.25) is 0 Å². The SMILES string of the molecule is CC(C)CC(c1cc[n+](CCO)cc1)C(C)(C)C. The summed E-state index contributed by atoms with van der Waals surface area (Å²) in [5.41, 5.74) is 1.69. The Bertz CT molecular complexity index is 348. The highest BCUT2D eigenvalue weighted by atomic mass is 16.3. The van der Waals surface area contributed by atoms with Crippen LogP contribution >= 0.6 is 0 Å². The van der Waals surface area contributed by atoms with Gasteiger partial charge in [-0.3, -0.25) is 0 Å². The number of aliphatic hydroxyl groups excluding tert-OH is 1. The van der Waals surface area contributed by atoms with Gasteiger partial charge in [0.2, 0.25) is 0 Å². The Labute approximate surface area is 112 Å². The third kappa shape index (κ3) is 4.41. The molecular formula is C16H28NO+. The van der Waals surface area contributed by atoms with Crippen LogP contribution in [-0.2, 0) is 6.54 Å². The van der Waals surface area contributed by atoms with Crippen LogP contribution in [0.3, 0.4) is 0 Å². The van der Waals surface area contributed by atoms with Crippen molar-refractivity contribution in [3.05, 3.63) is 30.1 Å². The van der Waals surface area contributed by atoms with Gasteiger partial charge in [0.25, 0.3) is 0 Å². The summed E-state index contributed by atoms with van der Waals surface area (Å²) in [4.78, 5) is 0. The molecule has 0 radical (unpaired) electrons. The zero-order valence-electron chi connectivity index (χ0n) is 12.5. The average Bonchev–Trinajstić information content (AvgIpc) is 2.26. The molecule has 1 rings (SSSR count). The number of nitrogens with zero attached hydrogens (tertiary/aromatic N) is 1. The number of hydrogen-bond acceptors (Lipinski definition) is 1. The number of pyridine rings is 1. The largest absolute Gasteiger partial charge is 0.390 e. The first-order chi connectivity index (χ1) is 8.34. The van der Waals surface area contributed by atoms with Crippen LogP contribution in [0, 0.1) is 11.3 Å². The molecule has 102 valence electrons. The summed E-state index contributed by atoms with van der Waals surface area (Å²) in [6, 6.07) is 4.40. The summed E-state index contributed by atoms with van der Waals surface area (Å²) in [5.74, 6) is 1.29. The van der Waals surface area contributed by atoms with E-state index in [2.05, 4.69) is 59.1 Å². The van der Waals surface area contributed by atoms with Gasteiger partial charge >= 0.3 is 0 Å². The number of rotatable bonds is 5. The molecule has 1 atom stereocenters. The summed E-state index contributed by atoms with van der Waals surface area (Å²) in [6.07, 6.45) is 5.36. The maximum Gasteiger partial charge on any atom is 0.171 e. The minimum Gasteiger partial charge on any atom is -0.390 e. The molecule has 1 unspecified atom stereocenters. The molecule has 0 amide bonds. The fraction of sp³-hybridized carbons (Fsp3) is 0.688. The van der Waals surface area contributed by atoms with Gasteiger partial charge in [-0.25, -0.2) is 4.57 Å². The highest BCUT2D eigenvalue weighted by molar-refractivity contribution is 5.16. The molecular weight excluding hydrogens is 222 g/mol. The van der Waals surface area contributed by atoms with Crippen molar-refractivity contribution < 1.29 is 9.67 Å². The van der Waals surface area contributed by atoms with E-state index in [1.165, 1.54) is 12.0 Å². The lowest BCUT2D eigenvalue weighted by atomic mass is 9.73. The van der Waals surface area contributed by atoms with Crippen LogP contribution < -0.4 is 4.57 Å². The molecule has 0 saturated heterocycles. The molecule has 0 bridgehead atoms. The lowest BCUT2D eigenvalue weighted by Gasteiger charge is -2.32. The second kappa shape index (κ2) is 6.33. The quantitative estimate of drug-likeness (QED) is 0.798. The van der Waals surface area contributed by atoms with Crippen LogP contribution in [0.1, 0.15) is 52.5 Å². The van der Waals surface area contributed by atoms with Gasteiger partial charge in [-0.15, -0.1) is 0 Å². The minimum atomic E-state index is 0.193. The second-order valence-electron chi connectivity index (χ2n) is 6.64. The fourth-order valence-electron chi connectivity index (χ4n) is 2.43. The lowest BCUT2D eigenvalue weighted by molar-refractivity contribution is -0.698. The predicted molar refractivity (Wildman–Crippen MR) is 75.4 cm³/mol. The van der Waals surface area contributed by atoms with Gasteiger partial charge < -0.3 is 5.11 Å². The molecule has 1 aromatic rings. The molecule has 0 spiro atoms. The number of hydrogen-bond donors (Lipinski definition) is 1. The Kier molecular flexibility index (Phi) is 5.33. The molecule has 1 aromatic heterocycles. The maximum absolute atomic E-state index is 8.93. The Morgan fingerprint density at radius 1 is 1.17 bits per heavy atom. The van der Waals surface area contributed by atoms with Crippen molar-refractivity contribution in [2.75, 3.05) is 6.61 Å². The average molecular weight is 250 g/mol. The number of aromatic nitrogens is 1. The van der Waals surface area contributed by atoms with Gasteiger partial charge in [-0.05, 0) is 29.2 Å². The molecule has 18 heavy (non-hydrogen) atoms. The standard InChI is InChI=1S/C16H28NO/c1-13(2)12-15(16(3,4)5)14-6-8-17(9-7-14)10-11-18/h6-9,13,15,18H,10-12H2,1-5H3/q+1. The first-order valence-corrected chi connectivity index (χ1v) is 6.94. The Morgan fingerprint density at radius 2 is 1.72 bits per heavy atom. The van der Waals surface area contributed by atoms with Gasteiger partial charge in [-0.1, -0.05) is 34.6 Å². The van der Waals surface area contributed by atoms with E-state index in [4.69, 9.17) is 5.11 Å². The van der Waals surface area contributed by atoms with Gasteiger partial charge in [0.15, 0.2) is 18.9 Å². The molecule has 0 aliphatic rings. The van der Waals surface area contributed by atoms with Crippen molar-refractivity contribution in [1.82, 2.24) is 0 Å². The molecule has 0 fully saturated rings. The van der Waals surface area contributed by atoms with Gasteiger partial charge in [-0.2, -0.15) is 0 Å². The minimum absolute atomic E-state index is 0.193. The highest BCUT2D eigenvalue weighted by Crippen LogP contribution is 2.39. The van der Waals surface area contributed by atoms with Crippen LogP contribution in [0.15, 0.2) is 24.5 Å². The molecule has 0 aliphatic carbocycles. The summed E-state index contributed by atoms with van der Waals surface area (Å²) in [5, 5.41) is 8.93. The van der Waals surface area contributed by atoms with Crippen LogP contribution in [0.5, 0.6) is 0 Å². The molecule has 1 heterocycles. The topological polar surface area (TPSA) is 24.1 Å². The summed E-state index contributed by atoms with van der Waals surface area (Å²) >= 11 is 0. The molecule has 2 heteroatoms. The van der Waals surface area contributed by atoms with E-state index in [0.717, 1.165) is 0 Å². The molecule has 0 aromatic carbocycles. The summed E-state index contributed by atoms with van der Waals surface area (Å²) < 4.78 is 2.03. The van der Waals surface area contributed by atoms with Crippen molar-refractivity contribution >= 4 is 0 Å². The highest BCUT2D eigenvalue weighted by Gasteiger charge is 2.27. The van der Waals surface area contributed by atoms with Gasteiger partial charge in [0, 0.05) is 12.1 Å². The Hall–Kier alpha value is -0.890. The fourth-order valence-corrected chi connectivity index (χ4v) is 2.43. The third-order valence-corrected chi connectivity index (χ3v) is 3.43. The van der Waals surface area contributed by atoms with Gasteiger partial charge in [0.1, 0.15) is 6.61 Å². The monoisotopic (exact) mass is 250 g/mol. The first kappa shape index (κ1) is 15.2. The smallest absolute Gasteiger partial charge is 0.171 e. The van der Waals surface area contributed by atoms with Crippen LogP contribution in [-0.4, -0.2) is 11.7 Å². The number of aliphatic hydroxyl groups is 1. The van der Waals surface area contributed by atoms with Crippen molar-refractivity contribution in [3.63, 3.8) is 0 Å². The predicted octanol–water partition coefficient (Wildman–Crippen LogP) is 3.14. The van der Waals surface area contributed by atoms with Crippen molar-refractivity contribution in [2.24, 2.45) is 11.3 Å². The zero-order valence-corrected chi connectivity index (χ0v) is 12.5. The van der Waals surface area contributed by atoms with Gasteiger partial charge in [0.05, 0.1) is 0 Å². The van der Waals surface area contributed by atoms with E-state index in [-0.39, 0.29) is 12.0 Å². The van der Waals surface area contributed by atoms with Crippen LogP contribution in [0.4, 0.5) is 0 Å². The van der Waals surface area contributed by atoms with Crippen molar-refractivity contribution in [1.29, 1.82) is 0 Å². The molecule has 2 nitrogen and oxygen atoms in total. The van der Waals surface area contributed by atoms with E-state index in [9.17, 15) is 0 Å². The first-order valence-electron chi connectivity index (χ1n) is 6.94. The molecule has 1 N–H and O–H groups in total. The molecule has 0 saturated carbocycles. The second-order valence-corrected chi connectivity index (χ2v) is 6.64. The normalized spacial score (nSPS) is 13.9. The third-order valence-electron chi connectivity index (χ3n) is 3.43.